The van der Waals surface area contributed by atoms with Crippen LogP contribution in [0.15, 0.2) is 12.7 Å². The molecule has 1 fully saturated rings. The highest BCUT2D eigenvalue weighted by molar-refractivity contribution is 7.86. The average molecular weight is 435 g/mol. The maximum absolute atomic E-state index is 11.8. The van der Waals surface area contributed by atoms with E-state index in [4.69, 9.17) is 13.1 Å². The molecule has 156 valence electrons. The first kappa shape index (κ1) is 20.9. The molecule has 0 aromatic carbocycles. The van der Waals surface area contributed by atoms with Crippen LogP contribution in [0.3, 0.4) is 0 Å². The molecule has 12 nitrogen and oxygen atoms in total. The lowest BCUT2D eigenvalue weighted by atomic mass is 10.1. The van der Waals surface area contributed by atoms with Gasteiger partial charge in [0.1, 0.15) is 18.5 Å². The molecule has 0 spiro atoms. The van der Waals surface area contributed by atoms with E-state index in [9.17, 15) is 16.8 Å². The Morgan fingerprint density at radius 1 is 1.11 bits per heavy atom. The summed E-state index contributed by atoms with van der Waals surface area (Å²) in [4.78, 5) is 14.4. The van der Waals surface area contributed by atoms with Crippen molar-refractivity contribution in [3.8, 4) is 0 Å². The van der Waals surface area contributed by atoms with Crippen molar-refractivity contribution in [3.63, 3.8) is 0 Å². The minimum atomic E-state index is -3.94. The topological polar surface area (TPSA) is 143 Å². The summed E-state index contributed by atoms with van der Waals surface area (Å²) < 4.78 is 64.3. The number of hydrogen-bond donors (Lipinski definition) is 0. The second kappa shape index (κ2) is 7.51. The molecular formula is C14H21N5O7S2. The zero-order valence-electron chi connectivity index (χ0n) is 15.7. The van der Waals surface area contributed by atoms with E-state index in [0.29, 0.717) is 17.0 Å². The van der Waals surface area contributed by atoms with E-state index in [1.165, 1.54) is 17.2 Å². The summed E-state index contributed by atoms with van der Waals surface area (Å²) in [6.45, 7) is 0.125. The Bertz CT molecular complexity index is 1070. The van der Waals surface area contributed by atoms with Crippen molar-refractivity contribution in [1.82, 2.24) is 19.5 Å². The first-order valence-electron chi connectivity index (χ1n) is 8.19. The van der Waals surface area contributed by atoms with Gasteiger partial charge in [-0.1, -0.05) is 0 Å². The first-order valence-corrected chi connectivity index (χ1v) is 11.8. The lowest BCUT2D eigenvalue weighted by molar-refractivity contribution is -0.144. The van der Waals surface area contributed by atoms with E-state index in [1.807, 2.05) is 0 Å². The van der Waals surface area contributed by atoms with Crippen molar-refractivity contribution in [2.24, 2.45) is 0 Å². The van der Waals surface area contributed by atoms with Crippen LogP contribution in [-0.4, -0.2) is 81.8 Å². The average Bonchev–Trinajstić information content (AvgIpc) is 2.97. The zero-order chi connectivity index (χ0) is 20.7. The third-order valence-electron chi connectivity index (χ3n) is 3.96. The van der Waals surface area contributed by atoms with Gasteiger partial charge >= 0.3 is 0 Å². The Balaban J connectivity index is 2.07. The van der Waals surface area contributed by atoms with Crippen molar-refractivity contribution >= 4 is 37.2 Å². The summed E-state index contributed by atoms with van der Waals surface area (Å²) in [5, 5.41) is 0. The Morgan fingerprint density at radius 2 is 1.79 bits per heavy atom. The highest BCUT2D eigenvalue weighted by atomic mass is 32.2. The fourth-order valence-corrected chi connectivity index (χ4v) is 4.26. The quantitative estimate of drug-likeness (QED) is 0.542. The van der Waals surface area contributed by atoms with Crippen LogP contribution in [0.1, 0.15) is 12.6 Å². The molecule has 0 N–H and O–H groups in total. The molecule has 0 saturated carbocycles. The summed E-state index contributed by atoms with van der Waals surface area (Å²) in [5.41, 5.74) is 0.853. The predicted molar refractivity (Wildman–Crippen MR) is 98.7 cm³/mol. The number of rotatable bonds is 6. The second-order valence-corrected chi connectivity index (χ2v) is 9.77. The third-order valence-corrected chi connectivity index (χ3v) is 5.13. The van der Waals surface area contributed by atoms with Crippen LogP contribution in [0.5, 0.6) is 0 Å². The molecular weight excluding hydrogens is 414 g/mol. The van der Waals surface area contributed by atoms with Crippen molar-refractivity contribution in [1.29, 1.82) is 0 Å². The van der Waals surface area contributed by atoms with Gasteiger partial charge in [-0.2, -0.15) is 16.8 Å². The molecule has 1 aliphatic rings. The van der Waals surface area contributed by atoms with Crippen molar-refractivity contribution < 1.29 is 29.9 Å². The molecule has 28 heavy (non-hydrogen) atoms. The standard InChI is InChI=1S/C14H21N5O7S2/c1-18(2)12-10-13(16-7-15-12)19(8-17-10)14-11(26-28(4,22)23)9(5-6-24-14)25-27(3,20)21/h7-9,11,14H,5-6H2,1-4H3/t9-,11+,14+/m0/s1. The van der Waals surface area contributed by atoms with Gasteiger partial charge in [0.15, 0.2) is 23.2 Å². The van der Waals surface area contributed by atoms with Crippen LogP contribution in [0.4, 0.5) is 5.82 Å². The van der Waals surface area contributed by atoms with Gasteiger partial charge in [0.25, 0.3) is 20.2 Å². The number of anilines is 1. The van der Waals surface area contributed by atoms with Gasteiger partial charge in [-0.05, 0) is 0 Å². The molecule has 1 aliphatic heterocycles. The molecule has 0 aliphatic carbocycles. The van der Waals surface area contributed by atoms with Crippen LogP contribution in [0.25, 0.3) is 11.2 Å². The second-order valence-electron chi connectivity index (χ2n) is 6.57. The predicted octanol–water partition coefficient (Wildman–Crippen LogP) is -0.499. The van der Waals surface area contributed by atoms with Crippen molar-refractivity contribution in [3.05, 3.63) is 12.7 Å². The highest BCUT2D eigenvalue weighted by Gasteiger charge is 2.42. The van der Waals surface area contributed by atoms with E-state index in [2.05, 4.69) is 15.0 Å². The summed E-state index contributed by atoms with van der Waals surface area (Å²) in [5.74, 6) is 0.559. The minimum absolute atomic E-state index is 0.125. The maximum atomic E-state index is 11.8. The third kappa shape index (κ3) is 4.57. The lowest BCUT2D eigenvalue weighted by Crippen LogP contribution is -2.46. The Labute approximate surface area is 162 Å². The van der Waals surface area contributed by atoms with Gasteiger partial charge in [0, 0.05) is 20.5 Å². The summed E-state index contributed by atoms with van der Waals surface area (Å²) in [6.07, 6.45) is 1.31. The number of fused-ring (bicyclic) bond motifs is 1. The van der Waals surface area contributed by atoms with Crippen molar-refractivity contribution in [2.75, 3.05) is 38.1 Å². The van der Waals surface area contributed by atoms with Gasteiger partial charge in [0.2, 0.25) is 0 Å². The summed E-state index contributed by atoms with van der Waals surface area (Å²) in [7, 11) is -4.20. The van der Waals surface area contributed by atoms with Gasteiger partial charge < -0.3 is 9.64 Å². The summed E-state index contributed by atoms with van der Waals surface area (Å²) in [6, 6.07) is 0. The molecule has 3 rings (SSSR count). The highest BCUT2D eigenvalue weighted by Crippen LogP contribution is 2.33. The van der Waals surface area contributed by atoms with Crippen LogP contribution < -0.4 is 4.90 Å². The Kier molecular flexibility index (Phi) is 5.60. The van der Waals surface area contributed by atoms with E-state index >= 15 is 0 Å². The number of nitrogens with zero attached hydrogens (tertiary/aromatic N) is 5. The molecule has 3 atom stereocenters. The molecule has 0 amide bonds. The SMILES string of the molecule is CN(C)c1ncnc2c1ncn2[C@@H]1OCC[C@H](OS(C)(=O)=O)[C@H]1OS(C)(=O)=O. The maximum Gasteiger partial charge on any atom is 0.264 e. The zero-order valence-corrected chi connectivity index (χ0v) is 17.3. The smallest absolute Gasteiger partial charge is 0.264 e. The lowest BCUT2D eigenvalue weighted by Gasteiger charge is -2.36. The number of aromatic nitrogens is 4. The normalized spacial score (nSPS) is 23.8. The van der Waals surface area contributed by atoms with E-state index in [1.54, 1.807) is 19.0 Å². The fourth-order valence-electron chi connectivity index (χ4n) is 2.98. The molecule has 0 radical (unpaired) electrons. The molecule has 0 bridgehead atoms. The van der Waals surface area contributed by atoms with Gasteiger partial charge in [-0.25, -0.2) is 15.0 Å². The molecule has 2 aromatic rings. The van der Waals surface area contributed by atoms with Gasteiger partial charge in [-0.3, -0.25) is 12.9 Å². The molecule has 3 heterocycles. The van der Waals surface area contributed by atoms with E-state index in [0.717, 1.165) is 12.5 Å². The molecule has 2 aromatic heterocycles. The Hall–Kier alpha value is -1.87. The largest absolute Gasteiger partial charge is 0.361 e. The molecule has 0 unspecified atom stereocenters. The monoisotopic (exact) mass is 435 g/mol. The van der Waals surface area contributed by atoms with E-state index in [-0.39, 0.29) is 13.0 Å². The van der Waals surface area contributed by atoms with E-state index < -0.39 is 38.7 Å². The summed E-state index contributed by atoms with van der Waals surface area (Å²) >= 11 is 0. The van der Waals surface area contributed by atoms with Crippen LogP contribution >= 0.6 is 0 Å². The first-order chi connectivity index (χ1) is 13.0. The minimum Gasteiger partial charge on any atom is -0.361 e. The van der Waals surface area contributed by atoms with Crippen LogP contribution in [-0.2, 0) is 33.3 Å². The number of imidazole rings is 1. The Morgan fingerprint density at radius 3 is 2.39 bits per heavy atom. The van der Waals surface area contributed by atoms with Gasteiger partial charge in [0.05, 0.1) is 25.4 Å². The van der Waals surface area contributed by atoms with Crippen LogP contribution in [0.2, 0.25) is 0 Å². The van der Waals surface area contributed by atoms with Gasteiger partial charge in [-0.15, -0.1) is 0 Å². The number of ether oxygens (including phenoxy) is 1. The molecule has 1 saturated heterocycles. The molecule has 14 heteroatoms. The van der Waals surface area contributed by atoms with Crippen LogP contribution in [0, 0.1) is 0 Å². The van der Waals surface area contributed by atoms with Crippen molar-refractivity contribution in [2.45, 2.75) is 24.9 Å². The fraction of sp³-hybridized carbons (Fsp3) is 0.643. The number of hydrogen-bond acceptors (Lipinski definition) is 11.